The van der Waals surface area contributed by atoms with Gasteiger partial charge in [0, 0.05) is 7.05 Å². The zero-order valence-corrected chi connectivity index (χ0v) is 9.28. The number of hydrogen-bond acceptors (Lipinski definition) is 3. The quantitative estimate of drug-likeness (QED) is 0.731. The van der Waals surface area contributed by atoms with E-state index in [-0.39, 0.29) is 30.3 Å². The van der Waals surface area contributed by atoms with Crippen LogP contribution in [-0.4, -0.2) is 41.9 Å². The molecule has 1 amide bonds. The minimum absolute atomic E-state index is 0.0387. The minimum atomic E-state index is -0.335. The molecule has 0 saturated carbocycles. The molecule has 0 aromatic rings. The molecule has 4 nitrogen and oxygen atoms in total. The van der Waals surface area contributed by atoms with E-state index in [1.807, 2.05) is 0 Å². The molecule has 0 aromatic carbocycles. The number of nitrogens with zero attached hydrogens (tertiary/aromatic N) is 1. The van der Waals surface area contributed by atoms with Gasteiger partial charge in [0.15, 0.2) is 0 Å². The summed E-state index contributed by atoms with van der Waals surface area (Å²) in [6.45, 7) is 6.23. The van der Waals surface area contributed by atoms with Gasteiger partial charge in [-0.05, 0) is 11.8 Å². The molecule has 82 valence electrons. The maximum Gasteiger partial charge on any atom is 0.410 e. The van der Waals surface area contributed by atoms with Crippen LogP contribution in [-0.2, 0) is 4.74 Å². The molecular weight excluding hydrogens is 182 g/mol. The van der Waals surface area contributed by atoms with Gasteiger partial charge in [-0.15, -0.1) is 0 Å². The summed E-state index contributed by atoms with van der Waals surface area (Å²) in [4.78, 5) is 12.7. The highest BCUT2D eigenvalue weighted by atomic mass is 16.6. The molecule has 0 aliphatic carbocycles. The minimum Gasteiger partial charge on any atom is -0.444 e. The first-order chi connectivity index (χ1) is 6.35. The third-order valence-electron chi connectivity index (χ3n) is 2.47. The zero-order valence-electron chi connectivity index (χ0n) is 9.28. The first-order valence-corrected chi connectivity index (χ1v) is 4.89. The largest absolute Gasteiger partial charge is 0.444 e. The van der Waals surface area contributed by atoms with Crippen molar-refractivity contribution in [3.8, 4) is 0 Å². The average Bonchev–Trinajstić information content (AvgIpc) is 2.24. The Labute approximate surface area is 84.8 Å². The van der Waals surface area contributed by atoms with Crippen LogP contribution in [0.3, 0.4) is 0 Å². The Bertz CT molecular complexity index is 222. The van der Waals surface area contributed by atoms with Crippen LogP contribution >= 0.6 is 0 Å². The van der Waals surface area contributed by atoms with E-state index < -0.39 is 0 Å². The number of amides is 1. The van der Waals surface area contributed by atoms with Gasteiger partial charge >= 0.3 is 6.09 Å². The number of aliphatic hydroxyl groups is 1. The lowest BCUT2D eigenvalue weighted by atomic mass is 9.87. The molecule has 0 radical (unpaired) electrons. The molecule has 1 fully saturated rings. The van der Waals surface area contributed by atoms with Gasteiger partial charge < -0.3 is 14.7 Å². The summed E-state index contributed by atoms with van der Waals surface area (Å²) >= 11 is 0. The fourth-order valence-corrected chi connectivity index (χ4v) is 1.70. The smallest absolute Gasteiger partial charge is 0.410 e. The van der Waals surface area contributed by atoms with Crippen LogP contribution in [0.15, 0.2) is 0 Å². The van der Waals surface area contributed by atoms with E-state index >= 15 is 0 Å². The molecule has 1 rings (SSSR count). The van der Waals surface area contributed by atoms with Crippen molar-refractivity contribution in [3.63, 3.8) is 0 Å². The summed E-state index contributed by atoms with van der Waals surface area (Å²) in [5, 5.41) is 9.15. The second-order valence-corrected chi connectivity index (χ2v) is 5.05. The van der Waals surface area contributed by atoms with Gasteiger partial charge in [-0.1, -0.05) is 20.8 Å². The first kappa shape index (κ1) is 11.3. The predicted molar refractivity (Wildman–Crippen MR) is 53.0 cm³/mol. The van der Waals surface area contributed by atoms with Gasteiger partial charge in [0.2, 0.25) is 0 Å². The molecule has 1 N–H and O–H groups in total. The number of cyclic esters (lactones) is 1. The van der Waals surface area contributed by atoms with E-state index in [4.69, 9.17) is 9.84 Å². The van der Waals surface area contributed by atoms with Crippen LogP contribution in [0.1, 0.15) is 27.2 Å². The van der Waals surface area contributed by atoms with E-state index in [0.29, 0.717) is 0 Å². The number of carbonyl (C=O) groups is 1. The maximum atomic E-state index is 11.2. The Balaban J connectivity index is 2.66. The number of aliphatic hydroxyl groups excluding tert-OH is 1. The molecule has 0 bridgehead atoms. The van der Waals surface area contributed by atoms with Crippen molar-refractivity contribution in [1.82, 2.24) is 4.90 Å². The van der Waals surface area contributed by atoms with Gasteiger partial charge in [-0.25, -0.2) is 4.79 Å². The fraction of sp³-hybridized carbons (Fsp3) is 0.900. The predicted octanol–water partition coefficient (Wildman–Crippen LogP) is 1.23. The van der Waals surface area contributed by atoms with Crippen molar-refractivity contribution < 1.29 is 14.6 Å². The monoisotopic (exact) mass is 201 g/mol. The molecule has 2 unspecified atom stereocenters. The summed E-state index contributed by atoms with van der Waals surface area (Å²) in [6.07, 6.45) is 0.254. The third kappa shape index (κ3) is 2.38. The maximum absolute atomic E-state index is 11.2. The number of likely N-dealkylation sites (N-methyl/N-ethyl adjacent to an activating group) is 1. The zero-order chi connectivity index (χ0) is 10.9. The van der Waals surface area contributed by atoms with Crippen molar-refractivity contribution in [2.45, 2.75) is 39.3 Å². The first-order valence-electron chi connectivity index (χ1n) is 4.89. The van der Waals surface area contributed by atoms with Crippen molar-refractivity contribution in [3.05, 3.63) is 0 Å². The van der Waals surface area contributed by atoms with Crippen molar-refractivity contribution in [2.75, 3.05) is 13.7 Å². The summed E-state index contributed by atoms with van der Waals surface area (Å²) in [5.74, 6) is 0. The average molecular weight is 201 g/mol. The van der Waals surface area contributed by atoms with Crippen LogP contribution in [0.2, 0.25) is 0 Å². The number of carbonyl (C=O) groups excluding carboxylic acids is 1. The molecule has 0 aromatic heterocycles. The number of ether oxygens (including phenoxy) is 1. The van der Waals surface area contributed by atoms with Gasteiger partial charge in [-0.2, -0.15) is 0 Å². The number of hydrogen-bond donors (Lipinski definition) is 1. The van der Waals surface area contributed by atoms with E-state index in [2.05, 4.69) is 20.8 Å². The van der Waals surface area contributed by atoms with E-state index in [9.17, 15) is 4.79 Å². The Kier molecular flexibility index (Phi) is 3.04. The van der Waals surface area contributed by atoms with E-state index in [1.54, 1.807) is 7.05 Å². The highest BCUT2D eigenvalue weighted by Gasteiger charge is 2.40. The second-order valence-electron chi connectivity index (χ2n) is 5.05. The molecule has 1 aliphatic heterocycles. The van der Waals surface area contributed by atoms with E-state index in [1.165, 1.54) is 4.90 Å². The Morgan fingerprint density at radius 3 is 2.50 bits per heavy atom. The van der Waals surface area contributed by atoms with Crippen LogP contribution < -0.4 is 0 Å². The normalized spacial score (nSPS) is 28.1. The van der Waals surface area contributed by atoms with Crippen LogP contribution in [0.5, 0.6) is 0 Å². The van der Waals surface area contributed by atoms with Gasteiger partial charge in [-0.3, -0.25) is 0 Å². The SMILES string of the molecule is CN1C(=O)OC(CC(C)(C)C)C1CO. The topological polar surface area (TPSA) is 49.8 Å². The second kappa shape index (κ2) is 3.77. The Morgan fingerprint density at radius 2 is 2.07 bits per heavy atom. The van der Waals surface area contributed by atoms with Crippen LogP contribution in [0.25, 0.3) is 0 Å². The highest BCUT2D eigenvalue weighted by Crippen LogP contribution is 2.29. The summed E-state index contributed by atoms with van der Waals surface area (Å²) in [5.41, 5.74) is 0.101. The standard InChI is InChI=1S/C10H19NO3/c1-10(2,3)5-8-7(6-12)11(4)9(13)14-8/h7-8,12H,5-6H2,1-4H3. The van der Waals surface area contributed by atoms with Gasteiger partial charge in [0.1, 0.15) is 6.10 Å². The molecular formula is C10H19NO3. The molecule has 1 saturated heterocycles. The Hall–Kier alpha value is -0.770. The summed E-state index contributed by atoms with van der Waals surface area (Å²) in [6, 6.07) is -0.193. The molecule has 2 atom stereocenters. The van der Waals surface area contributed by atoms with E-state index in [0.717, 1.165) is 6.42 Å². The lowest BCUT2D eigenvalue weighted by molar-refractivity contribution is 0.0859. The third-order valence-corrected chi connectivity index (χ3v) is 2.47. The van der Waals surface area contributed by atoms with Crippen molar-refractivity contribution in [1.29, 1.82) is 0 Å². The lowest BCUT2D eigenvalue weighted by Gasteiger charge is -2.25. The molecule has 14 heavy (non-hydrogen) atoms. The Morgan fingerprint density at radius 1 is 1.50 bits per heavy atom. The van der Waals surface area contributed by atoms with Crippen LogP contribution in [0.4, 0.5) is 4.79 Å². The highest BCUT2D eigenvalue weighted by molar-refractivity contribution is 5.70. The fourth-order valence-electron chi connectivity index (χ4n) is 1.70. The van der Waals surface area contributed by atoms with Crippen molar-refractivity contribution >= 4 is 6.09 Å². The van der Waals surface area contributed by atoms with Crippen LogP contribution in [0, 0.1) is 5.41 Å². The molecule has 4 heteroatoms. The van der Waals surface area contributed by atoms with Crippen molar-refractivity contribution in [2.24, 2.45) is 5.41 Å². The number of rotatable bonds is 2. The molecule has 0 spiro atoms. The molecule has 1 aliphatic rings. The summed E-state index contributed by atoms with van der Waals surface area (Å²) < 4.78 is 5.18. The van der Waals surface area contributed by atoms with Gasteiger partial charge in [0.25, 0.3) is 0 Å². The molecule has 1 heterocycles. The summed E-state index contributed by atoms with van der Waals surface area (Å²) in [7, 11) is 1.66. The lowest BCUT2D eigenvalue weighted by Crippen LogP contribution is -2.38. The van der Waals surface area contributed by atoms with Gasteiger partial charge in [0.05, 0.1) is 12.6 Å².